The summed E-state index contributed by atoms with van der Waals surface area (Å²) in [4.78, 5) is 29.0. The van der Waals surface area contributed by atoms with Gasteiger partial charge in [0.2, 0.25) is 0 Å². The lowest BCUT2D eigenvalue weighted by Gasteiger charge is -2.40. The number of allylic oxidation sites excluding steroid dienone is 4. The number of alkyl halides is 1. The third-order valence-electron chi connectivity index (χ3n) is 7.99. The van der Waals surface area contributed by atoms with E-state index in [1.165, 1.54) is 18.2 Å². The van der Waals surface area contributed by atoms with Crippen LogP contribution >= 0.6 is 11.6 Å². The molecular weight excluding hydrogens is 515 g/mol. The lowest BCUT2D eigenvalue weighted by Crippen LogP contribution is -2.44. The number of nitrogens with zero attached hydrogens (tertiary/aromatic N) is 1. The number of hydrogen-bond acceptors (Lipinski definition) is 5. The Kier molecular flexibility index (Phi) is 9.10. The van der Waals surface area contributed by atoms with Crippen LogP contribution in [0.5, 0.6) is 5.75 Å². The van der Waals surface area contributed by atoms with Crippen LogP contribution in [0.3, 0.4) is 0 Å². The molecule has 208 valence electrons. The van der Waals surface area contributed by atoms with Gasteiger partial charge < -0.3 is 15.3 Å². The van der Waals surface area contributed by atoms with E-state index in [-0.39, 0.29) is 28.6 Å². The van der Waals surface area contributed by atoms with Crippen molar-refractivity contribution in [3.8, 4) is 5.75 Å². The Bertz CT molecular complexity index is 1280. The summed E-state index contributed by atoms with van der Waals surface area (Å²) in [5, 5.41) is 13.4. The largest absolute Gasteiger partial charge is 0.508 e. The highest BCUT2D eigenvalue weighted by molar-refractivity contribution is 6.32. The van der Waals surface area contributed by atoms with Crippen molar-refractivity contribution in [2.75, 3.05) is 33.7 Å². The van der Waals surface area contributed by atoms with Gasteiger partial charge in [0.25, 0.3) is 0 Å². The molecule has 1 unspecified atom stereocenters. The number of aromatic hydroxyl groups is 1. The molecule has 3 atom stereocenters. The van der Waals surface area contributed by atoms with Gasteiger partial charge in [-0.2, -0.15) is 0 Å². The lowest BCUT2D eigenvalue weighted by molar-refractivity contribution is -0.129. The van der Waals surface area contributed by atoms with Crippen molar-refractivity contribution in [2.45, 2.75) is 43.9 Å². The summed E-state index contributed by atoms with van der Waals surface area (Å²) in [5.74, 6) is -0.971. The first-order valence-electron chi connectivity index (χ1n) is 13.7. The molecule has 4 rings (SSSR count). The number of unbranched alkanes of at least 4 members (excludes halogenated alkanes) is 1. The van der Waals surface area contributed by atoms with E-state index >= 15 is 0 Å². The summed E-state index contributed by atoms with van der Waals surface area (Å²) in [6.07, 6.45) is 9.25. The maximum atomic E-state index is 14.7. The fraction of sp³-hybridized carbons (Fsp3) is 0.438. The minimum atomic E-state index is -1.48. The first-order valence-corrected chi connectivity index (χ1v) is 14.1. The Labute approximate surface area is 235 Å². The van der Waals surface area contributed by atoms with Crippen LogP contribution in [0.4, 0.5) is 4.39 Å². The number of carbonyl (C=O) groups excluding carboxylic acids is 2. The predicted molar refractivity (Wildman–Crippen MR) is 154 cm³/mol. The van der Waals surface area contributed by atoms with Gasteiger partial charge in [-0.25, -0.2) is 4.39 Å². The van der Waals surface area contributed by atoms with E-state index < -0.39 is 21.9 Å². The van der Waals surface area contributed by atoms with Gasteiger partial charge in [0.15, 0.2) is 11.6 Å². The summed E-state index contributed by atoms with van der Waals surface area (Å²) in [6.45, 7) is 4.02. The van der Waals surface area contributed by atoms with Gasteiger partial charge in [0.1, 0.15) is 16.4 Å². The third-order valence-corrected chi connectivity index (χ3v) is 8.52. The maximum Gasteiger partial charge on any atom is 0.191 e. The lowest BCUT2D eigenvalue weighted by atomic mass is 9.66. The first kappa shape index (κ1) is 29.2. The number of carbonyl (C=O) groups is 2. The molecule has 7 heteroatoms. The summed E-state index contributed by atoms with van der Waals surface area (Å²) in [6, 6.07) is 10.8. The summed E-state index contributed by atoms with van der Waals surface area (Å²) in [5.41, 5.74) is 0.234. The quantitative estimate of drug-likeness (QED) is 0.165. The van der Waals surface area contributed by atoms with Crippen LogP contribution in [0, 0.1) is 24.1 Å². The normalized spacial score (nSPS) is 25.0. The molecule has 0 aromatic heterocycles. The summed E-state index contributed by atoms with van der Waals surface area (Å²) >= 11 is 7.31. The molecule has 1 fully saturated rings. The molecule has 0 spiro atoms. The smallest absolute Gasteiger partial charge is 0.191 e. The topological polar surface area (TPSA) is 69.6 Å². The standard InChI is InChI=1S/C32H38ClFN2O3/c1-22-26(12-7-13-28(22)34)32(33)16-15-31(14-4-5-18-36(2)3,30(39)24-10-8-17-35-21-24)20-27(32)29(38)23-9-6-11-25(37)19-23/h6-7,9,11-13,15-16,19-20,24,35,37H,4-5,8,10,14,17-18,21H2,1-3H3/t24-,31?,32+/m0/s1. The molecule has 1 heterocycles. The predicted octanol–water partition coefficient (Wildman–Crippen LogP) is 5.94. The van der Waals surface area contributed by atoms with E-state index in [1.54, 1.807) is 43.3 Å². The van der Waals surface area contributed by atoms with Gasteiger partial charge in [-0.1, -0.05) is 48.9 Å². The number of rotatable bonds is 10. The third kappa shape index (κ3) is 6.19. The van der Waals surface area contributed by atoms with Crippen molar-refractivity contribution in [1.82, 2.24) is 10.2 Å². The highest BCUT2D eigenvalue weighted by Crippen LogP contribution is 2.50. The molecule has 39 heavy (non-hydrogen) atoms. The highest BCUT2D eigenvalue weighted by Gasteiger charge is 2.47. The Morgan fingerprint density at radius 3 is 2.62 bits per heavy atom. The van der Waals surface area contributed by atoms with Crippen LogP contribution in [0.25, 0.3) is 0 Å². The number of phenolic OH excluding ortho intramolecular Hbond substituents is 1. The van der Waals surface area contributed by atoms with Crippen molar-refractivity contribution < 1.29 is 19.1 Å². The zero-order valence-corrected chi connectivity index (χ0v) is 23.7. The maximum absolute atomic E-state index is 14.7. The molecule has 5 nitrogen and oxygen atoms in total. The van der Waals surface area contributed by atoms with Crippen molar-refractivity contribution in [3.05, 3.63) is 88.8 Å². The van der Waals surface area contributed by atoms with E-state index in [1.807, 2.05) is 20.2 Å². The molecule has 0 saturated carbocycles. The van der Waals surface area contributed by atoms with E-state index in [0.717, 1.165) is 38.8 Å². The zero-order valence-electron chi connectivity index (χ0n) is 23.0. The SMILES string of the molecule is Cc1c(F)cccc1[C@]1(Cl)C=CC(CCCCN(C)C)(C(=O)[C@H]2CCCNC2)C=C1C(=O)c1cccc(O)c1. The van der Waals surface area contributed by atoms with Crippen LogP contribution in [-0.4, -0.2) is 55.3 Å². The number of benzene rings is 2. The molecule has 0 bridgehead atoms. The highest BCUT2D eigenvalue weighted by atomic mass is 35.5. The molecule has 2 aliphatic rings. The Morgan fingerprint density at radius 1 is 1.15 bits per heavy atom. The van der Waals surface area contributed by atoms with Crippen molar-refractivity contribution in [3.63, 3.8) is 0 Å². The minimum absolute atomic E-state index is 0.0470. The Hall–Kier alpha value is -2.80. The average Bonchev–Trinajstić information content (AvgIpc) is 2.93. The molecular formula is C32H38ClFN2O3. The van der Waals surface area contributed by atoms with E-state index in [4.69, 9.17) is 11.6 Å². The molecule has 0 radical (unpaired) electrons. The molecule has 1 aliphatic carbocycles. The zero-order chi connectivity index (χ0) is 28.2. The molecule has 2 aromatic carbocycles. The average molecular weight is 553 g/mol. The van der Waals surface area contributed by atoms with Crippen molar-refractivity contribution in [2.24, 2.45) is 11.3 Å². The number of ketones is 2. The number of hydrogen-bond donors (Lipinski definition) is 2. The molecule has 1 saturated heterocycles. The Morgan fingerprint density at radius 2 is 1.92 bits per heavy atom. The van der Waals surface area contributed by atoms with Gasteiger partial charge in [0, 0.05) is 23.6 Å². The van der Waals surface area contributed by atoms with Crippen LogP contribution in [0.2, 0.25) is 0 Å². The molecule has 1 aliphatic heterocycles. The molecule has 0 amide bonds. The van der Waals surface area contributed by atoms with Gasteiger partial charge in [-0.3, -0.25) is 9.59 Å². The molecule has 2 N–H and O–H groups in total. The second kappa shape index (κ2) is 12.2. The van der Waals surface area contributed by atoms with E-state index in [0.29, 0.717) is 24.1 Å². The van der Waals surface area contributed by atoms with Gasteiger partial charge in [-0.05, 0) is 89.1 Å². The van der Waals surface area contributed by atoms with Crippen LogP contribution in [-0.2, 0) is 9.67 Å². The van der Waals surface area contributed by atoms with E-state index in [9.17, 15) is 19.1 Å². The number of piperidine rings is 1. The fourth-order valence-electron chi connectivity index (χ4n) is 5.77. The van der Waals surface area contributed by atoms with Gasteiger partial charge in [0.05, 0.1) is 5.41 Å². The minimum Gasteiger partial charge on any atom is -0.508 e. The van der Waals surface area contributed by atoms with Crippen LogP contribution in [0.1, 0.15) is 53.6 Å². The summed E-state index contributed by atoms with van der Waals surface area (Å²) < 4.78 is 14.7. The van der Waals surface area contributed by atoms with Crippen molar-refractivity contribution in [1.29, 1.82) is 0 Å². The summed E-state index contributed by atoms with van der Waals surface area (Å²) in [7, 11) is 4.04. The number of phenols is 1. The van der Waals surface area contributed by atoms with Crippen LogP contribution < -0.4 is 5.32 Å². The fourth-order valence-corrected chi connectivity index (χ4v) is 6.18. The van der Waals surface area contributed by atoms with E-state index in [2.05, 4.69) is 10.2 Å². The van der Waals surface area contributed by atoms with Crippen LogP contribution in [0.15, 0.2) is 66.3 Å². The molecule has 2 aromatic rings. The van der Waals surface area contributed by atoms with Crippen molar-refractivity contribution >= 4 is 23.2 Å². The number of halogens is 2. The monoisotopic (exact) mass is 552 g/mol. The van der Waals surface area contributed by atoms with Gasteiger partial charge in [-0.15, -0.1) is 11.6 Å². The number of Topliss-reactive ketones (excluding diaryl/α,β-unsaturated/α-hetero) is 2. The van der Waals surface area contributed by atoms with Gasteiger partial charge >= 0.3 is 0 Å². The second-order valence-electron chi connectivity index (χ2n) is 11.1. The number of nitrogens with one attached hydrogen (secondary N) is 1. The first-order chi connectivity index (χ1) is 18.6. The Balaban J connectivity index is 1.86. The second-order valence-corrected chi connectivity index (χ2v) is 11.7.